The summed E-state index contributed by atoms with van der Waals surface area (Å²) in [7, 11) is 0. The number of hydrogen-bond donors (Lipinski definition) is 4. The first-order chi connectivity index (χ1) is 14.7. The standard InChI is InChI=1S/C24H44N6/c1-21(29-19-8-7-16-27-17-9-14-26)23-11-3-4-12-24(23)22(2)30-20-10-18-28-15-6-5-13-25/h3-4,11-12,27-28H,5-10,13-20,25-26H2,1-2H3. The minimum atomic E-state index is 0.755. The Morgan fingerprint density at radius 3 is 1.70 bits per heavy atom. The highest BCUT2D eigenvalue weighted by Gasteiger charge is 2.07. The quantitative estimate of drug-likeness (QED) is 0.218. The molecule has 0 aliphatic rings. The van der Waals surface area contributed by atoms with Gasteiger partial charge in [0, 0.05) is 35.6 Å². The van der Waals surface area contributed by atoms with Gasteiger partial charge in [-0.15, -0.1) is 0 Å². The largest absolute Gasteiger partial charge is 0.330 e. The molecule has 170 valence electrons. The van der Waals surface area contributed by atoms with Gasteiger partial charge in [0.2, 0.25) is 0 Å². The van der Waals surface area contributed by atoms with Crippen LogP contribution >= 0.6 is 0 Å². The van der Waals surface area contributed by atoms with Gasteiger partial charge in [-0.2, -0.15) is 0 Å². The van der Waals surface area contributed by atoms with Crippen molar-refractivity contribution in [1.29, 1.82) is 0 Å². The number of benzene rings is 1. The van der Waals surface area contributed by atoms with Crippen molar-refractivity contribution in [2.24, 2.45) is 21.5 Å². The molecule has 0 atom stereocenters. The predicted octanol–water partition coefficient (Wildman–Crippen LogP) is 2.74. The summed E-state index contributed by atoms with van der Waals surface area (Å²) in [6.07, 6.45) is 6.57. The fourth-order valence-corrected chi connectivity index (χ4v) is 3.22. The van der Waals surface area contributed by atoms with Gasteiger partial charge >= 0.3 is 0 Å². The van der Waals surface area contributed by atoms with Crippen molar-refractivity contribution in [3.8, 4) is 0 Å². The molecule has 0 saturated heterocycles. The number of rotatable bonds is 18. The fourth-order valence-electron chi connectivity index (χ4n) is 3.22. The van der Waals surface area contributed by atoms with Gasteiger partial charge < -0.3 is 22.1 Å². The molecule has 0 aliphatic heterocycles. The Morgan fingerprint density at radius 1 is 0.667 bits per heavy atom. The predicted molar refractivity (Wildman–Crippen MR) is 132 cm³/mol. The second kappa shape index (κ2) is 18.2. The third kappa shape index (κ3) is 12.2. The van der Waals surface area contributed by atoms with Crippen LogP contribution in [0.25, 0.3) is 0 Å². The molecule has 0 radical (unpaired) electrons. The third-order valence-electron chi connectivity index (χ3n) is 5.04. The molecule has 0 saturated carbocycles. The van der Waals surface area contributed by atoms with Crippen molar-refractivity contribution in [3.63, 3.8) is 0 Å². The van der Waals surface area contributed by atoms with E-state index in [1.807, 2.05) is 0 Å². The lowest BCUT2D eigenvalue weighted by atomic mass is 10.0. The molecular weight excluding hydrogens is 372 g/mol. The maximum Gasteiger partial charge on any atom is 0.0404 e. The van der Waals surface area contributed by atoms with Crippen molar-refractivity contribution in [3.05, 3.63) is 35.4 Å². The minimum absolute atomic E-state index is 0.755. The molecule has 6 heteroatoms. The van der Waals surface area contributed by atoms with E-state index in [0.717, 1.165) is 102 Å². The first kappa shape index (κ1) is 26.4. The van der Waals surface area contributed by atoms with Crippen LogP contribution in [0.4, 0.5) is 0 Å². The average Bonchev–Trinajstić information content (AvgIpc) is 2.77. The highest BCUT2D eigenvalue weighted by molar-refractivity contribution is 6.11. The van der Waals surface area contributed by atoms with Gasteiger partial charge in [-0.05, 0) is 91.6 Å². The first-order valence-corrected chi connectivity index (χ1v) is 11.6. The Labute approximate surface area is 184 Å². The van der Waals surface area contributed by atoms with Crippen LogP contribution in [0.15, 0.2) is 34.3 Å². The molecule has 0 fully saturated rings. The van der Waals surface area contributed by atoms with Crippen LogP contribution < -0.4 is 22.1 Å². The zero-order valence-corrected chi connectivity index (χ0v) is 19.3. The highest BCUT2D eigenvalue weighted by atomic mass is 14.9. The molecule has 0 amide bonds. The lowest BCUT2D eigenvalue weighted by molar-refractivity contribution is 0.611. The van der Waals surface area contributed by atoms with E-state index in [0.29, 0.717) is 0 Å². The summed E-state index contributed by atoms with van der Waals surface area (Å²) in [5.74, 6) is 0. The molecule has 0 spiro atoms. The van der Waals surface area contributed by atoms with Gasteiger partial charge in [-0.1, -0.05) is 24.3 Å². The van der Waals surface area contributed by atoms with Gasteiger partial charge in [0.05, 0.1) is 0 Å². The van der Waals surface area contributed by atoms with E-state index in [4.69, 9.17) is 21.5 Å². The van der Waals surface area contributed by atoms with Crippen LogP contribution in [0.3, 0.4) is 0 Å². The first-order valence-electron chi connectivity index (χ1n) is 11.6. The van der Waals surface area contributed by atoms with Crippen molar-refractivity contribution in [2.45, 2.75) is 52.4 Å². The SMILES string of the molecule is CC(=NCCCCNCCCN)c1ccccc1C(C)=NCCCNCCCCN. The van der Waals surface area contributed by atoms with Crippen LogP contribution in [-0.4, -0.2) is 63.8 Å². The second-order valence-corrected chi connectivity index (χ2v) is 7.68. The summed E-state index contributed by atoms with van der Waals surface area (Å²) in [4.78, 5) is 9.61. The summed E-state index contributed by atoms with van der Waals surface area (Å²) in [6.45, 7) is 11.6. The zero-order chi connectivity index (χ0) is 21.9. The molecule has 0 heterocycles. The van der Waals surface area contributed by atoms with Crippen LogP contribution in [0.2, 0.25) is 0 Å². The summed E-state index contributed by atoms with van der Waals surface area (Å²) in [5.41, 5.74) is 15.6. The van der Waals surface area contributed by atoms with Crippen LogP contribution in [0.1, 0.15) is 63.5 Å². The Hall–Kier alpha value is -1.60. The summed E-state index contributed by atoms with van der Waals surface area (Å²) in [5, 5.41) is 6.87. The van der Waals surface area contributed by atoms with E-state index in [1.54, 1.807) is 0 Å². The maximum atomic E-state index is 5.51. The van der Waals surface area contributed by atoms with Crippen molar-refractivity contribution in [2.75, 3.05) is 52.4 Å². The second-order valence-electron chi connectivity index (χ2n) is 7.68. The smallest absolute Gasteiger partial charge is 0.0404 e. The van der Waals surface area contributed by atoms with E-state index in [-0.39, 0.29) is 0 Å². The molecular formula is C24H44N6. The van der Waals surface area contributed by atoms with Crippen molar-refractivity contribution >= 4 is 11.4 Å². The number of nitrogens with two attached hydrogens (primary N) is 2. The number of hydrogen-bond acceptors (Lipinski definition) is 6. The molecule has 6 N–H and O–H groups in total. The Bertz CT molecular complexity index is 558. The lowest BCUT2D eigenvalue weighted by Crippen LogP contribution is -2.19. The maximum absolute atomic E-state index is 5.51. The van der Waals surface area contributed by atoms with Crippen LogP contribution in [0, 0.1) is 0 Å². The number of nitrogens with one attached hydrogen (secondary N) is 2. The molecule has 1 rings (SSSR count). The monoisotopic (exact) mass is 416 g/mol. The third-order valence-corrected chi connectivity index (χ3v) is 5.04. The zero-order valence-electron chi connectivity index (χ0n) is 19.3. The fraction of sp³-hybridized carbons (Fsp3) is 0.667. The Balaban J connectivity index is 2.43. The molecule has 0 bridgehead atoms. The Kier molecular flexibility index (Phi) is 16.0. The van der Waals surface area contributed by atoms with E-state index < -0.39 is 0 Å². The topological polar surface area (TPSA) is 101 Å². The van der Waals surface area contributed by atoms with E-state index in [9.17, 15) is 0 Å². The summed E-state index contributed by atoms with van der Waals surface area (Å²) in [6, 6.07) is 8.47. The van der Waals surface area contributed by atoms with Gasteiger partial charge in [-0.3, -0.25) is 9.98 Å². The van der Waals surface area contributed by atoms with Crippen molar-refractivity contribution in [1.82, 2.24) is 10.6 Å². The molecule has 1 aromatic carbocycles. The van der Waals surface area contributed by atoms with E-state index in [2.05, 4.69) is 48.7 Å². The highest BCUT2D eigenvalue weighted by Crippen LogP contribution is 2.12. The van der Waals surface area contributed by atoms with E-state index >= 15 is 0 Å². The molecule has 1 aromatic rings. The molecule has 30 heavy (non-hydrogen) atoms. The normalized spacial score (nSPS) is 12.5. The Morgan fingerprint density at radius 2 is 1.13 bits per heavy atom. The van der Waals surface area contributed by atoms with Gasteiger partial charge in [0.15, 0.2) is 0 Å². The summed E-state index contributed by atoms with van der Waals surface area (Å²) < 4.78 is 0. The van der Waals surface area contributed by atoms with E-state index in [1.165, 1.54) is 11.1 Å². The minimum Gasteiger partial charge on any atom is -0.330 e. The number of aliphatic imine (C=N–C) groups is 2. The van der Waals surface area contributed by atoms with Gasteiger partial charge in [-0.25, -0.2) is 0 Å². The van der Waals surface area contributed by atoms with Crippen molar-refractivity contribution < 1.29 is 0 Å². The van der Waals surface area contributed by atoms with Crippen LogP contribution in [-0.2, 0) is 0 Å². The lowest BCUT2D eigenvalue weighted by Gasteiger charge is -2.10. The molecule has 0 aliphatic carbocycles. The molecule has 6 nitrogen and oxygen atoms in total. The van der Waals surface area contributed by atoms with Gasteiger partial charge in [0.1, 0.15) is 0 Å². The average molecular weight is 417 g/mol. The van der Waals surface area contributed by atoms with Gasteiger partial charge in [0.25, 0.3) is 0 Å². The number of unbranched alkanes of at least 4 members (excludes halogenated alkanes) is 2. The summed E-state index contributed by atoms with van der Waals surface area (Å²) >= 11 is 0. The van der Waals surface area contributed by atoms with Crippen LogP contribution in [0.5, 0.6) is 0 Å². The number of nitrogens with zero attached hydrogens (tertiary/aromatic N) is 2. The molecule has 0 unspecified atom stereocenters. The molecule has 0 aromatic heterocycles.